The molecule has 0 N–H and O–H groups in total. The van der Waals surface area contributed by atoms with Crippen molar-refractivity contribution < 1.29 is 18.7 Å². The van der Waals surface area contributed by atoms with Crippen LogP contribution >= 0.6 is 0 Å². The summed E-state index contributed by atoms with van der Waals surface area (Å²) in [6, 6.07) is 4.13. The molecule has 0 spiro atoms. The summed E-state index contributed by atoms with van der Waals surface area (Å²) in [6.45, 7) is 2.10. The number of aryl methyl sites for hydroxylation is 1. The van der Waals surface area contributed by atoms with Crippen LogP contribution in [0.25, 0.3) is 0 Å². The molecule has 0 amide bonds. The lowest BCUT2D eigenvalue weighted by atomic mass is 10.0. The van der Waals surface area contributed by atoms with Gasteiger partial charge in [0.25, 0.3) is 0 Å². The highest BCUT2D eigenvalue weighted by Crippen LogP contribution is 2.12. The van der Waals surface area contributed by atoms with Crippen LogP contribution in [0.1, 0.15) is 35.2 Å². The Bertz CT molecular complexity index is 441. The first kappa shape index (κ1) is 14.5. The Morgan fingerprint density at radius 1 is 1.33 bits per heavy atom. The summed E-state index contributed by atoms with van der Waals surface area (Å²) >= 11 is 0. The molecule has 0 aromatic heterocycles. The highest BCUT2D eigenvalue weighted by Gasteiger charge is 2.12. The van der Waals surface area contributed by atoms with Crippen LogP contribution < -0.4 is 0 Å². The molecule has 18 heavy (non-hydrogen) atoms. The van der Waals surface area contributed by atoms with Crippen LogP contribution in [-0.2, 0) is 9.53 Å². The zero-order valence-corrected chi connectivity index (χ0v) is 10.7. The van der Waals surface area contributed by atoms with Crippen LogP contribution in [0.4, 0.5) is 4.39 Å². The number of hydrogen-bond donors (Lipinski definition) is 0. The van der Waals surface area contributed by atoms with Gasteiger partial charge < -0.3 is 4.74 Å². The summed E-state index contributed by atoms with van der Waals surface area (Å²) in [5.41, 5.74) is 0.793. The molecule has 0 atom stereocenters. The van der Waals surface area contributed by atoms with E-state index in [0.29, 0.717) is 30.6 Å². The fraction of sp³-hybridized carbons (Fsp3) is 0.429. The van der Waals surface area contributed by atoms with Gasteiger partial charge in [-0.1, -0.05) is 0 Å². The van der Waals surface area contributed by atoms with Crippen LogP contribution in [-0.4, -0.2) is 25.3 Å². The molecule has 1 aromatic rings. The third-order valence-electron chi connectivity index (χ3n) is 2.64. The predicted molar refractivity (Wildman–Crippen MR) is 66.2 cm³/mol. The normalized spacial score (nSPS) is 10.4. The van der Waals surface area contributed by atoms with E-state index in [1.54, 1.807) is 14.0 Å². The molecule has 0 heterocycles. The first-order valence-corrected chi connectivity index (χ1v) is 5.84. The maximum Gasteiger partial charge on any atom is 0.170 e. The van der Waals surface area contributed by atoms with Gasteiger partial charge in [-0.15, -0.1) is 0 Å². The standard InChI is InChI=1S/C14H17FO3/c1-10-8-11(5-6-13(10)15)14(17)9-12(16)4-3-7-18-2/h5-6,8H,3-4,7,9H2,1-2H3. The molecular weight excluding hydrogens is 235 g/mol. The van der Waals surface area contributed by atoms with Gasteiger partial charge in [0.2, 0.25) is 0 Å². The van der Waals surface area contributed by atoms with Crippen molar-refractivity contribution in [2.45, 2.75) is 26.2 Å². The Morgan fingerprint density at radius 2 is 2.06 bits per heavy atom. The third kappa shape index (κ3) is 4.37. The lowest BCUT2D eigenvalue weighted by Crippen LogP contribution is -2.09. The van der Waals surface area contributed by atoms with Gasteiger partial charge >= 0.3 is 0 Å². The molecule has 0 aliphatic carbocycles. The minimum Gasteiger partial charge on any atom is -0.385 e. The van der Waals surface area contributed by atoms with E-state index in [2.05, 4.69) is 0 Å². The second-order valence-electron chi connectivity index (χ2n) is 4.20. The highest BCUT2D eigenvalue weighted by molar-refractivity contribution is 6.08. The van der Waals surface area contributed by atoms with Gasteiger partial charge in [0.15, 0.2) is 5.78 Å². The third-order valence-corrected chi connectivity index (χ3v) is 2.64. The molecule has 0 aliphatic rings. The lowest BCUT2D eigenvalue weighted by Gasteiger charge is -2.03. The van der Waals surface area contributed by atoms with Crippen molar-refractivity contribution in [1.29, 1.82) is 0 Å². The fourth-order valence-corrected chi connectivity index (χ4v) is 1.60. The monoisotopic (exact) mass is 252 g/mol. The highest BCUT2D eigenvalue weighted by atomic mass is 19.1. The second kappa shape index (κ2) is 7.01. The summed E-state index contributed by atoms with van der Waals surface area (Å²) in [5, 5.41) is 0. The van der Waals surface area contributed by atoms with E-state index in [1.165, 1.54) is 18.2 Å². The minimum atomic E-state index is -0.349. The van der Waals surface area contributed by atoms with Crippen LogP contribution in [0.15, 0.2) is 18.2 Å². The molecule has 0 radical (unpaired) electrons. The minimum absolute atomic E-state index is 0.112. The van der Waals surface area contributed by atoms with Crippen molar-refractivity contribution in [2.24, 2.45) is 0 Å². The van der Waals surface area contributed by atoms with Crippen molar-refractivity contribution >= 4 is 11.6 Å². The average Bonchev–Trinajstić information content (AvgIpc) is 2.33. The van der Waals surface area contributed by atoms with Crippen molar-refractivity contribution in [3.05, 3.63) is 35.1 Å². The average molecular weight is 252 g/mol. The van der Waals surface area contributed by atoms with E-state index in [1.807, 2.05) is 0 Å². The molecule has 1 rings (SSSR count). The van der Waals surface area contributed by atoms with Gasteiger partial charge in [-0.05, 0) is 37.1 Å². The number of carbonyl (C=O) groups is 2. The number of carbonyl (C=O) groups excluding carboxylic acids is 2. The molecule has 0 saturated heterocycles. The summed E-state index contributed by atoms with van der Waals surface area (Å²) < 4.78 is 17.9. The van der Waals surface area contributed by atoms with Gasteiger partial charge in [0.1, 0.15) is 11.6 Å². The quantitative estimate of drug-likeness (QED) is 0.425. The Labute approximate surface area is 106 Å². The molecule has 0 aliphatic heterocycles. The molecule has 1 aromatic carbocycles. The van der Waals surface area contributed by atoms with E-state index in [-0.39, 0.29) is 23.8 Å². The van der Waals surface area contributed by atoms with Gasteiger partial charge in [-0.25, -0.2) is 4.39 Å². The number of halogens is 1. The van der Waals surface area contributed by atoms with E-state index < -0.39 is 0 Å². The summed E-state index contributed by atoms with van der Waals surface area (Å²) in [4.78, 5) is 23.3. The number of hydrogen-bond acceptors (Lipinski definition) is 3. The van der Waals surface area contributed by atoms with E-state index in [4.69, 9.17) is 4.74 Å². The molecule has 98 valence electrons. The molecule has 3 nitrogen and oxygen atoms in total. The molecule has 0 fully saturated rings. The molecular formula is C14H17FO3. The van der Waals surface area contributed by atoms with Crippen molar-refractivity contribution in [2.75, 3.05) is 13.7 Å². The first-order valence-electron chi connectivity index (χ1n) is 5.84. The zero-order chi connectivity index (χ0) is 13.5. The Kier molecular flexibility index (Phi) is 5.65. The molecule has 0 saturated carbocycles. The largest absolute Gasteiger partial charge is 0.385 e. The first-order chi connectivity index (χ1) is 8.54. The lowest BCUT2D eigenvalue weighted by molar-refractivity contribution is -0.118. The number of rotatable bonds is 7. The van der Waals surface area contributed by atoms with Crippen molar-refractivity contribution in [3.8, 4) is 0 Å². The number of Topliss-reactive ketones (excluding diaryl/α,β-unsaturated/α-hetero) is 2. The number of ether oxygens (including phenoxy) is 1. The predicted octanol–water partition coefficient (Wildman–Crippen LogP) is 2.70. The maximum absolute atomic E-state index is 13.0. The topological polar surface area (TPSA) is 43.4 Å². The molecule has 0 unspecified atom stereocenters. The molecule has 4 heteroatoms. The maximum atomic E-state index is 13.0. The summed E-state index contributed by atoms with van der Waals surface area (Å²) in [6.07, 6.45) is 0.819. The smallest absolute Gasteiger partial charge is 0.170 e. The van der Waals surface area contributed by atoms with Crippen molar-refractivity contribution in [3.63, 3.8) is 0 Å². The Hall–Kier alpha value is -1.55. The van der Waals surface area contributed by atoms with Crippen LogP contribution in [0.5, 0.6) is 0 Å². The van der Waals surface area contributed by atoms with Gasteiger partial charge in [0.05, 0.1) is 6.42 Å². The van der Waals surface area contributed by atoms with Gasteiger partial charge in [-0.2, -0.15) is 0 Å². The molecule has 0 bridgehead atoms. The van der Waals surface area contributed by atoms with E-state index >= 15 is 0 Å². The van der Waals surface area contributed by atoms with Crippen LogP contribution in [0.3, 0.4) is 0 Å². The zero-order valence-electron chi connectivity index (χ0n) is 10.7. The van der Waals surface area contributed by atoms with Crippen LogP contribution in [0, 0.1) is 12.7 Å². The van der Waals surface area contributed by atoms with Crippen LogP contribution in [0.2, 0.25) is 0 Å². The summed E-state index contributed by atoms with van der Waals surface area (Å²) in [7, 11) is 1.57. The fourth-order valence-electron chi connectivity index (χ4n) is 1.60. The number of methoxy groups -OCH3 is 1. The number of ketones is 2. The second-order valence-corrected chi connectivity index (χ2v) is 4.20. The SMILES string of the molecule is COCCCC(=O)CC(=O)c1ccc(F)c(C)c1. The Balaban J connectivity index is 2.54. The van der Waals surface area contributed by atoms with Gasteiger partial charge in [-0.3, -0.25) is 9.59 Å². The van der Waals surface area contributed by atoms with E-state index in [9.17, 15) is 14.0 Å². The number of benzene rings is 1. The van der Waals surface area contributed by atoms with E-state index in [0.717, 1.165) is 0 Å². The Morgan fingerprint density at radius 3 is 2.67 bits per heavy atom. The van der Waals surface area contributed by atoms with Gasteiger partial charge in [0, 0.05) is 25.7 Å². The van der Waals surface area contributed by atoms with Crippen molar-refractivity contribution in [1.82, 2.24) is 0 Å². The summed E-state index contributed by atoms with van der Waals surface area (Å²) in [5.74, 6) is -0.725.